The second-order valence-corrected chi connectivity index (χ2v) is 4.12. The monoisotopic (exact) mass is 269 g/mol. The fourth-order valence-electron chi connectivity index (χ4n) is 1.43. The van der Waals surface area contributed by atoms with Gasteiger partial charge in [-0.3, -0.25) is 4.40 Å². The summed E-state index contributed by atoms with van der Waals surface area (Å²) in [6.07, 6.45) is 1.87. The van der Waals surface area contributed by atoms with E-state index in [0.29, 0.717) is 0 Å². The van der Waals surface area contributed by atoms with E-state index in [1.165, 1.54) is 0 Å². The highest BCUT2D eigenvalue weighted by Gasteiger charge is 2.13. The van der Waals surface area contributed by atoms with Crippen molar-refractivity contribution in [3.63, 3.8) is 0 Å². The first-order chi connectivity index (χ1) is 7.13. The van der Waals surface area contributed by atoms with Gasteiger partial charge in [0.1, 0.15) is 16.0 Å². The maximum atomic E-state index is 5.81. The molecule has 2 heterocycles. The molecule has 2 N–H and O–H groups in total. The number of halogens is 1. The van der Waals surface area contributed by atoms with Gasteiger partial charge in [0.2, 0.25) is 0 Å². The lowest BCUT2D eigenvalue weighted by atomic mass is 10.3. The number of nitrogens with zero attached hydrogens (tertiary/aromatic N) is 2. The van der Waals surface area contributed by atoms with Crippen LogP contribution in [0.2, 0.25) is 0 Å². The fourth-order valence-corrected chi connectivity index (χ4v) is 2.16. The number of fused-ring (bicyclic) bond motifs is 1. The van der Waals surface area contributed by atoms with Crippen molar-refractivity contribution in [2.75, 3.05) is 7.11 Å². The minimum absolute atomic E-state index is 0.0923. The molecule has 0 fully saturated rings. The number of rotatable bonds is 2. The van der Waals surface area contributed by atoms with Crippen LogP contribution in [-0.2, 0) is 0 Å². The van der Waals surface area contributed by atoms with E-state index < -0.39 is 0 Å². The van der Waals surface area contributed by atoms with E-state index in [-0.39, 0.29) is 6.04 Å². The zero-order valence-electron chi connectivity index (χ0n) is 8.57. The van der Waals surface area contributed by atoms with Gasteiger partial charge in [0.05, 0.1) is 19.0 Å². The third-order valence-corrected chi connectivity index (χ3v) is 3.01. The van der Waals surface area contributed by atoms with Crippen LogP contribution in [0.15, 0.2) is 22.9 Å². The van der Waals surface area contributed by atoms with Gasteiger partial charge >= 0.3 is 0 Å². The molecule has 2 aromatic heterocycles. The highest BCUT2D eigenvalue weighted by atomic mass is 79.9. The van der Waals surface area contributed by atoms with E-state index in [0.717, 1.165) is 21.7 Å². The molecule has 1 unspecified atom stereocenters. The topological polar surface area (TPSA) is 52.5 Å². The second-order valence-electron chi connectivity index (χ2n) is 3.37. The Morgan fingerprint density at radius 2 is 2.27 bits per heavy atom. The van der Waals surface area contributed by atoms with Crippen LogP contribution in [0.4, 0.5) is 0 Å². The molecule has 2 aromatic rings. The van der Waals surface area contributed by atoms with Gasteiger partial charge in [0.15, 0.2) is 0 Å². The Morgan fingerprint density at radius 1 is 1.53 bits per heavy atom. The highest BCUT2D eigenvalue weighted by molar-refractivity contribution is 9.10. The highest BCUT2D eigenvalue weighted by Crippen LogP contribution is 2.25. The SMILES string of the molecule is COc1ccc2nc(C(C)N)c(Br)n2c1. The van der Waals surface area contributed by atoms with Crippen LogP contribution in [0.1, 0.15) is 18.7 Å². The summed E-state index contributed by atoms with van der Waals surface area (Å²) in [6, 6.07) is 3.68. The van der Waals surface area contributed by atoms with Crippen LogP contribution >= 0.6 is 15.9 Å². The van der Waals surface area contributed by atoms with E-state index in [1.807, 2.05) is 29.7 Å². The van der Waals surface area contributed by atoms with Crippen LogP contribution in [0.25, 0.3) is 5.65 Å². The van der Waals surface area contributed by atoms with Gasteiger partial charge in [0, 0.05) is 6.04 Å². The molecule has 80 valence electrons. The molecule has 1 atom stereocenters. The summed E-state index contributed by atoms with van der Waals surface area (Å²) in [5, 5.41) is 0. The average molecular weight is 270 g/mol. The Kier molecular flexibility index (Phi) is 2.67. The Balaban J connectivity index is 2.66. The zero-order chi connectivity index (χ0) is 11.0. The first kappa shape index (κ1) is 10.4. The molecule has 0 spiro atoms. The van der Waals surface area contributed by atoms with Gasteiger partial charge in [-0.25, -0.2) is 4.98 Å². The molecular formula is C10H12BrN3O. The first-order valence-corrected chi connectivity index (χ1v) is 5.40. The maximum Gasteiger partial charge on any atom is 0.138 e. The predicted molar refractivity (Wildman–Crippen MR) is 62.0 cm³/mol. The van der Waals surface area contributed by atoms with Crippen LogP contribution < -0.4 is 10.5 Å². The number of hydrogen-bond acceptors (Lipinski definition) is 3. The number of pyridine rings is 1. The van der Waals surface area contributed by atoms with Crippen molar-refractivity contribution < 1.29 is 4.74 Å². The van der Waals surface area contributed by atoms with E-state index in [9.17, 15) is 0 Å². The lowest BCUT2D eigenvalue weighted by Crippen LogP contribution is -2.05. The Morgan fingerprint density at radius 3 is 2.87 bits per heavy atom. The van der Waals surface area contributed by atoms with Crippen molar-refractivity contribution in [1.82, 2.24) is 9.38 Å². The lowest BCUT2D eigenvalue weighted by Gasteiger charge is -2.01. The summed E-state index contributed by atoms with van der Waals surface area (Å²) < 4.78 is 7.94. The van der Waals surface area contributed by atoms with E-state index >= 15 is 0 Å². The standard InChI is InChI=1S/C10H12BrN3O/c1-6(12)9-10(11)14-5-7(15-2)3-4-8(14)13-9/h3-6H,12H2,1-2H3. The molecule has 5 heteroatoms. The molecule has 15 heavy (non-hydrogen) atoms. The molecular weight excluding hydrogens is 258 g/mol. The summed E-state index contributed by atoms with van der Waals surface area (Å²) in [4.78, 5) is 4.42. The molecule has 0 amide bonds. The van der Waals surface area contributed by atoms with Gasteiger partial charge in [-0.1, -0.05) is 0 Å². The van der Waals surface area contributed by atoms with Crippen molar-refractivity contribution in [2.24, 2.45) is 5.73 Å². The van der Waals surface area contributed by atoms with E-state index in [4.69, 9.17) is 10.5 Å². The van der Waals surface area contributed by atoms with Gasteiger partial charge in [-0.2, -0.15) is 0 Å². The third kappa shape index (κ3) is 1.72. The minimum atomic E-state index is -0.0923. The van der Waals surface area contributed by atoms with Gasteiger partial charge in [0.25, 0.3) is 0 Å². The molecule has 0 saturated carbocycles. The summed E-state index contributed by atoms with van der Waals surface area (Å²) in [5.74, 6) is 0.789. The molecule has 0 saturated heterocycles. The number of hydrogen-bond donors (Lipinski definition) is 1. The quantitative estimate of drug-likeness (QED) is 0.909. The third-order valence-electron chi connectivity index (χ3n) is 2.22. The molecule has 0 radical (unpaired) electrons. The Hall–Kier alpha value is -1.07. The molecule has 0 bridgehead atoms. The normalized spacial score (nSPS) is 13.1. The number of imidazole rings is 1. The lowest BCUT2D eigenvalue weighted by molar-refractivity contribution is 0.412. The molecule has 4 nitrogen and oxygen atoms in total. The first-order valence-electron chi connectivity index (χ1n) is 4.60. The largest absolute Gasteiger partial charge is 0.495 e. The van der Waals surface area contributed by atoms with Gasteiger partial charge in [-0.15, -0.1) is 0 Å². The van der Waals surface area contributed by atoms with Crippen molar-refractivity contribution >= 4 is 21.6 Å². The van der Waals surface area contributed by atoms with Crippen LogP contribution in [0.5, 0.6) is 5.75 Å². The molecule has 2 rings (SSSR count). The summed E-state index contributed by atoms with van der Waals surface area (Å²) >= 11 is 3.48. The molecule has 0 aliphatic carbocycles. The predicted octanol–water partition coefficient (Wildman–Crippen LogP) is 2.13. The van der Waals surface area contributed by atoms with E-state index in [2.05, 4.69) is 20.9 Å². The van der Waals surface area contributed by atoms with Crippen molar-refractivity contribution in [3.8, 4) is 5.75 Å². The minimum Gasteiger partial charge on any atom is -0.495 e. The zero-order valence-corrected chi connectivity index (χ0v) is 10.2. The fraction of sp³-hybridized carbons (Fsp3) is 0.300. The van der Waals surface area contributed by atoms with E-state index in [1.54, 1.807) is 7.11 Å². The number of nitrogens with two attached hydrogens (primary N) is 1. The number of methoxy groups -OCH3 is 1. The summed E-state index contributed by atoms with van der Waals surface area (Å²) in [5.41, 5.74) is 7.52. The van der Waals surface area contributed by atoms with Crippen molar-refractivity contribution in [1.29, 1.82) is 0 Å². The van der Waals surface area contributed by atoms with Crippen molar-refractivity contribution in [3.05, 3.63) is 28.6 Å². The average Bonchev–Trinajstić information content (AvgIpc) is 2.56. The molecule has 0 aliphatic rings. The van der Waals surface area contributed by atoms with Gasteiger partial charge < -0.3 is 10.5 Å². The van der Waals surface area contributed by atoms with Crippen molar-refractivity contribution in [2.45, 2.75) is 13.0 Å². The second kappa shape index (κ2) is 3.83. The summed E-state index contributed by atoms with van der Waals surface area (Å²) in [7, 11) is 1.64. The Bertz CT molecular complexity index is 493. The van der Waals surface area contributed by atoms with Gasteiger partial charge in [-0.05, 0) is 35.0 Å². The van der Waals surface area contributed by atoms with Crippen LogP contribution in [0.3, 0.4) is 0 Å². The molecule has 0 aromatic carbocycles. The maximum absolute atomic E-state index is 5.81. The smallest absolute Gasteiger partial charge is 0.138 e. The Labute approximate surface area is 96.2 Å². The number of aromatic nitrogens is 2. The van der Waals surface area contributed by atoms with Crippen LogP contribution in [0, 0.1) is 0 Å². The number of ether oxygens (including phenoxy) is 1. The van der Waals surface area contributed by atoms with Crippen LogP contribution in [-0.4, -0.2) is 16.5 Å². The molecule has 0 aliphatic heterocycles. The summed E-state index contributed by atoms with van der Waals surface area (Å²) in [6.45, 7) is 1.91.